The van der Waals surface area contributed by atoms with Crippen molar-refractivity contribution in [2.45, 2.75) is 45.9 Å². The van der Waals surface area contributed by atoms with E-state index in [4.69, 9.17) is 10.5 Å². The van der Waals surface area contributed by atoms with Crippen molar-refractivity contribution in [3.8, 4) is 0 Å². The predicted octanol–water partition coefficient (Wildman–Crippen LogP) is 0.195. The summed E-state index contributed by atoms with van der Waals surface area (Å²) < 4.78 is 4.96. The molecular weight excluding hydrogens is 218 g/mol. The van der Waals surface area contributed by atoms with Crippen molar-refractivity contribution < 1.29 is 9.53 Å². The molecule has 0 spiro atoms. The van der Waals surface area contributed by atoms with Crippen molar-refractivity contribution in [1.82, 2.24) is 10.2 Å². The fourth-order valence-electron chi connectivity index (χ4n) is 1.85. The SMILES string of the molecule is COC(CN)C(=O)NCCN(C(C)C)C(C)C. The van der Waals surface area contributed by atoms with Crippen LogP contribution < -0.4 is 11.1 Å². The third kappa shape index (κ3) is 6.00. The number of methoxy groups -OCH3 is 1. The van der Waals surface area contributed by atoms with E-state index >= 15 is 0 Å². The number of carbonyl (C=O) groups is 1. The summed E-state index contributed by atoms with van der Waals surface area (Å²) in [7, 11) is 1.49. The Labute approximate surface area is 105 Å². The standard InChI is InChI=1S/C12H27N3O2/c1-9(2)15(10(3)4)7-6-14-12(16)11(8-13)17-5/h9-11H,6-8,13H2,1-5H3,(H,14,16). The molecule has 0 aliphatic carbocycles. The first-order valence-electron chi connectivity index (χ1n) is 6.20. The molecule has 0 saturated carbocycles. The lowest BCUT2D eigenvalue weighted by atomic mass is 10.2. The van der Waals surface area contributed by atoms with E-state index in [1.54, 1.807) is 0 Å². The maximum Gasteiger partial charge on any atom is 0.250 e. The summed E-state index contributed by atoms with van der Waals surface area (Å²) in [6.07, 6.45) is -0.540. The van der Waals surface area contributed by atoms with Gasteiger partial charge in [0.2, 0.25) is 5.91 Å². The van der Waals surface area contributed by atoms with Gasteiger partial charge < -0.3 is 15.8 Å². The molecule has 0 heterocycles. The zero-order chi connectivity index (χ0) is 13.4. The summed E-state index contributed by atoms with van der Waals surface area (Å²) >= 11 is 0. The topological polar surface area (TPSA) is 67.6 Å². The van der Waals surface area contributed by atoms with Crippen LogP contribution in [0.2, 0.25) is 0 Å². The third-order valence-electron chi connectivity index (χ3n) is 2.79. The van der Waals surface area contributed by atoms with Crippen LogP contribution >= 0.6 is 0 Å². The number of nitrogens with two attached hydrogens (primary N) is 1. The third-order valence-corrected chi connectivity index (χ3v) is 2.79. The molecule has 3 N–H and O–H groups in total. The van der Waals surface area contributed by atoms with Crippen molar-refractivity contribution in [2.24, 2.45) is 5.73 Å². The molecule has 0 aliphatic rings. The molecule has 0 rings (SSSR count). The lowest BCUT2D eigenvalue weighted by molar-refractivity contribution is -0.130. The first-order valence-corrected chi connectivity index (χ1v) is 6.20. The van der Waals surface area contributed by atoms with E-state index in [9.17, 15) is 4.79 Å². The Morgan fingerprint density at radius 3 is 2.18 bits per heavy atom. The molecule has 0 fully saturated rings. The highest BCUT2D eigenvalue weighted by molar-refractivity contribution is 5.80. The van der Waals surface area contributed by atoms with Crippen LogP contribution in [-0.2, 0) is 9.53 Å². The molecule has 0 aromatic heterocycles. The van der Waals surface area contributed by atoms with Crippen LogP contribution in [0, 0.1) is 0 Å². The Bertz CT molecular complexity index is 208. The number of rotatable bonds is 8. The Hall–Kier alpha value is -0.650. The Morgan fingerprint density at radius 2 is 1.82 bits per heavy atom. The minimum Gasteiger partial charge on any atom is -0.370 e. The molecule has 5 heteroatoms. The van der Waals surface area contributed by atoms with E-state index < -0.39 is 6.10 Å². The molecule has 0 aromatic rings. The van der Waals surface area contributed by atoms with Crippen LogP contribution in [0.3, 0.4) is 0 Å². The van der Waals surface area contributed by atoms with E-state index in [1.165, 1.54) is 7.11 Å². The largest absolute Gasteiger partial charge is 0.370 e. The van der Waals surface area contributed by atoms with Crippen molar-refractivity contribution in [1.29, 1.82) is 0 Å². The van der Waals surface area contributed by atoms with Crippen LogP contribution in [0.4, 0.5) is 0 Å². The van der Waals surface area contributed by atoms with E-state index in [-0.39, 0.29) is 12.5 Å². The second kappa shape index (κ2) is 8.44. The Balaban J connectivity index is 4.00. The van der Waals surface area contributed by atoms with Crippen LogP contribution in [-0.4, -0.2) is 55.7 Å². The summed E-state index contributed by atoms with van der Waals surface area (Å²) in [5, 5.41) is 2.84. The highest BCUT2D eigenvalue weighted by Gasteiger charge is 2.17. The molecule has 1 amide bonds. The van der Waals surface area contributed by atoms with E-state index in [1.807, 2.05) is 0 Å². The van der Waals surface area contributed by atoms with Gasteiger partial charge in [0.25, 0.3) is 0 Å². The van der Waals surface area contributed by atoms with Gasteiger partial charge in [0.15, 0.2) is 0 Å². The van der Waals surface area contributed by atoms with Gasteiger partial charge in [0.05, 0.1) is 0 Å². The van der Waals surface area contributed by atoms with Gasteiger partial charge in [-0.25, -0.2) is 0 Å². The van der Waals surface area contributed by atoms with Crippen molar-refractivity contribution >= 4 is 5.91 Å². The second-order valence-electron chi connectivity index (χ2n) is 4.68. The number of amides is 1. The molecule has 1 unspecified atom stereocenters. The minimum atomic E-state index is -0.540. The molecule has 5 nitrogen and oxygen atoms in total. The quantitative estimate of drug-likeness (QED) is 0.641. The zero-order valence-corrected chi connectivity index (χ0v) is 11.7. The number of hydrogen-bond donors (Lipinski definition) is 2. The summed E-state index contributed by atoms with van der Waals surface area (Å²) in [5.41, 5.74) is 5.42. The van der Waals surface area contributed by atoms with Gasteiger partial charge in [0.1, 0.15) is 6.10 Å². The Morgan fingerprint density at radius 1 is 1.29 bits per heavy atom. The maximum absolute atomic E-state index is 11.6. The van der Waals surface area contributed by atoms with Crippen molar-refractivity contribution in [2.75, 3.05) is 26.7 Å². The average Bonchev–Trinajstić information content (AvgIpc) is 2.24. The fourth-order valence-corrected chi connectivity index (χ4v) is 1.85. The lowest BCUT2D eigenvalue weighted by Crippen LogP contribution is -2.46. The minimum absolute atomic E-state index is 0.137. The van der Waals surface area contributed by atoms with Crippen molar-refractivity contribution in [3.05, 3.63) is 0 Å². The van der Waals surface area contributed by atoms with Crippen LogP contribution in [0.15, 0.2) is 0 Å². The molecule has 102 valence electrons. The summed E-state index contributed by atoms with van der Waals surface area (Å²) in [5.74, 6) is -0.137. The fraction of sp³-hybridized carbons (Fsp3) is 0.917. The number of carbonyl (C=O) groups excluding carboxylic acids is 1. The van der Waals surface area contributed by atoms with E-state index in [0.29, 0.717) is 18.6 Å². The predicted molar refractivity (Wildman–Crippen MR) is 69.8 cm³/mol. The van der Waals surface area contributed by atoms with Crippen molar-refractivity contribution in [3.63, 3.8) is 0 Å². The highest BCUT2D eigenvalue weighted by atomic mass is 16.5. The van der Waals surface area contributed by atoms with Gasteiger partial charge in [-0.15, -0.1) is 0 Å². The summed E-state index contributed by atoms with van der Waals surface area (Å²) in [6.45, 7) is 10.3. The van der Waals surface area contributed by atoms with E-state index in [0.717, 1.165) is 6.54 Å². The van der Waals surface area contributed by atoms with Gasteiger partial charge in [-0.2, -0.15) is 0 Å². The monoisotopic (exact) mass is 245 g/mol. The number of hydrogen-bond acceptors (Lipinski definition) is 4. The molecule has 1 atom stereocenters. The number of nitrogens with zero attached hydrogens (tertiary/aromatic N) is 1. The molecular formula is C12H27N3O2. The van der Waals surface area contributed by atoms with Crippen LogP contribution in [0.5, 0.6) is 0 Å². The first-order chi connectivity index (χ1) is 7.93. The maximum atomic E-state index is 11.6. The van der Waals surface area contributed by atoms with Gasteiger partial charge >= 0.3 is 0 Å². The normalized spacial score (nSPS) is 13.5. The van der Waals surface area contributed by atoms with Gasteiger partial charge in [-0.1, -0.05) is 0 Å². The lowest BCUT2D eigenvalue weighted by Gasteiger charge is -2.30. The average molecular weight is 245 g/mol. The van der Waals surface area contributed by atoms with E-state index in [2.05, 4.69) is 37.9 Å². The number of ether oxygens (including phenoxy) is 1. The molecule has 0 aliphatic heterocycles. The molecule has 0 saturated heterocycles. The van der Waals surface area contributed by atoms with Gasteiger partial charge in [-0.3, -0.25) is 9.69 Å². The highest BCUT2D eigenvalue weighted by Crippen LogP contribution is 2.03. The Kier molecular flexibility index (Phi) is 8.12. The smallest absolute Gasteiger partial charge is 0.250 e. The number of nitrogens with one attached hydrogen (secondary N) is 1. The molecule has 0 bridgehead atoms. The second-order valence-corrected chi connectivity index (χ2v) is 4.68. The van der Waals surface area contributed by atoms with Gasteiger partial charge in [0, 0.05) is 38.8 Å². The first kappa shape index (κ1) is 16.4. The van der Waals surface area contributed by atoms with Gasteiger partial charge in [-0.05, 0) is 27.7 Å². The zero-order valence-electron chi connectivity index (χ0n) is 11.7. The summed E-state index contributed by atoms with van der Waals surface area (Å²) in [4.78, 5) is 13.9. The molecule has 0 aromatic carbocycles. The van der Waals surface area contributed by atoms with Crippen LogP contribution in [0.25, 0.3) is 0 Å². The van der Waals surface area contributed by atoms with Crippen LogP contribution in [0.1, 0.15) is 27.7 Å². The molecule has 0 radical (unpaired) electrons. The summed E-state index contributed by atoms with van der Waals surface area (Å²) in [6, 6.07) is 0.944. The molecule has 17 heavy (non-hydrogen) atoms.